The lowest BCUT2D eigenvalue weighted by atomic mass is 10.2. The second-order valence-corrected chi connectivity index (χ2v) is 7.32. The lowest BCUT2D eigenvalue weighted by Gasteiger charge is -2.35. The molecule has 0 spiro atoms. The molecule has 1 saturated heterocycles. The van der Waals surface area contributed by atoms with E-state index in [0.29, 0.717) is 25.4 Å². The number of halogens is 3. The monoisotopic (exact) mass is 425 g/mol. The molecule has 3 amide bonds. The summed E-state index contributed by atoms with van der Waals surface area (Å²) in [4.78, 5) is 28.1. The van der Waals surface area contributed by atoms with Gasteiger partial charge in [0.25, 0.3) is 5.91 Å². The Morgan fingerprint density at radius 1 is 1.38 bits per heavy atom. The first-order valence-corrected chi connectivity index (χ1v) is 9.38. The molecule has 11 heteroatoms. The van der Waals surface area contributed by atoms with Crippen LogP contribution in [0.1, 0.15) is 12.6 Å². The largest absolute Gasteiger partial charge is 0.370 e. The molecule has 2 aromatic rings. The third-order valence-corrected chi connectivity index (χ3v) is 5.26. The van der Waals surface area contributed by atoms with Crippen molar-refractivity contribution in [2.75, 3.05) is 30.0 Å². The predicted molar refractivity (Wildman–Crippen MR) is 101 cm³/mol. The molecule has 29 heavy (non-hydrogen) atoms. The number of nitrogens with zero attached hydrogens (tertiary/aromatic N) is 4. The van der Waals surface area contributed by atoms with E-state index in [1.807, 2.05) is 6.92 Å². The van der Waals surface area contributed by atoms with E-state index < -0.39 is 22.7 Å². The van der Waals surface area contributed by atoms with Gasteiger partial charge in [-0.2, -0.15) is 5.10 Å². The van der Waals surface area contributed by atoms with E-state index in [-0.39, 0.29) is 30.8 Å². The van der Waals surface area contributed by atoms with Crippen molar-refractivity contribution in [3.8, 4) is 0 Å². The topological polar surface area (TPSA) is 79.7 Å². The van der Waals surface area contributed by atoms with Crippen LogP contribution in [-0.4, -0.2) is 52.4 Å². The molecule has 154 valence electrons. The molecular formula is C18H18ClF2N5O3. The zero-order valence-electron chi connectivity index (χ0n) is 15.5. The van der Waals surface area contributed by atoms with Gasteiger partial charge >= 0.3 is 6.03 Å². The van der Waals surface area contributed by atoms with Crippen LogP contribution in [0.25, 0.3) is 0 Å². The van der Waals surface area contributed by atoms with Crippen LogP contribution in [0.15, 0.2) is 18.3 Å². The van der Waals surface area contributed by atoms with E-state index in [9.17, 15) is 18.4 Å². The second-order valence-electron chi connectivity index (χ2n) is 6.92. The average Bonchev–Trinajstić information content (AvgIpc) is 3.08. The summed E-state index contributed by atoms with van der Waals surface area (Å²) >= 11 is 5.65. The number of morpholine rings is 1. The van der Waals surface area contributed by atoms with Gasteiger partial charge in [-0.25, -0.2) is 13.6 Å². The number of ether oxygens (including phenoxy) is 1. The van der Waals surface area contributed by atoms with Crippen molar-refractivity contribution in [1.29, 1.82) is 0 Å². The lowest BCUT2D eigenvalue weighted by Crippen LogP contribution is -2.48. The number of rotatable bonds is 2. The molecular weight excluding hydrogens is 408 g/mol. The van der Waals surface area contributed by atoms with E-state index in [1.54, 1.807) is 20.7 Å². The normalized spacial score (nSPS) is 19.3. The summed E-state index contributed by atoms with van der Waals surface area (Å²) in [6.07, 6.45) is 1.61. The highest BCUT2D eigenvalue weighted by molar-refractivity contribution is 6.31. The van der Waals surface area contributed by atoms with E-state index in [4.69, 9.17) is 16.3 Å². The fourth-order valence-electron chi connectivity index (χ4n) is 3.48. The molecule has 4 rings (SSSR count). The molecule has 8 nitrogen and oxygen atoms in total. The Hall–Kier alpha value is -2.72. The first-order valence-electron chi connectivity index (χ1n) is 9.00. The van der Waals surface area contributed by atoms with Crippen LogP contribution < -0.4 is 10.2 Å². The Bertz CT molecular complexity index is 959. The highest BCUT2D eigenvalue weighted by Gasteiger charge is 2.33. The average molecular weight is 426 g/mol. The minimum Gasteiger partial charge on any atom is -0.370 e. The van der Waals surface area contributed by atoms with E-state index in [0.717, 1.165) is 17.8 Å². The fraction of sp³-hybridized carbons (Fsp3) is 0.389. The number of benzene rings is 1. The third-order valence-electron chi connectivity index (χ3n) is 4.99. The van der Waals surface area contributed by atoms with Crippen LogP contribution in [0.3, 0.4) is 0 Å². The van der Waals surface area contributed by atoms with Crippen LogP contribution in [0.4, 0.5) is 25.0 Å². The molecule has 1 atom stereocenters. The Morgan fingerprint density at radius 2 is 2.17 bits per heavy atom. The summed E-state index contributed by atoms with van der Waals surface area (Å²) in [6.45, 7) is 3.31. The maximum absolute atomic E-state index is 13.6. The number of amides is 3. The number of urea groups is 1. The molecule has 1 fully saturated rings. The Morgan fingerprint density at radius 3 is 2.90 bits per heavy atom. The van der Waals surface area contributed by atoms with Gasteiger partial charge in [-0.3, -0.25) is 9.48 Å². The van der Waals surface area contributed by atoms with Crippen molar-refractivity contribution in [3.63, 3.8) is 0 Å². The van der Waals surface area contributed by atoms with E-state index in [2.05, 4.69) is 10.4 Å². The van der Waals surface area contributed by atoms with Gasteiger partial charge in [0.2, 0.25) is 0 Å². The zero-order valence-corrected chi connectivity index (χ0v) is 16.2. The lowest BCUT2D eigenvalue weighted by molar-refractivity contribution is -0.125. The fourth-order valence-corrected chi connectivity index (χ4v) is 3.69. The van der Waals surface area contributed by atoms with E-state index >= 15 is 0 Å². The number of anilines is 2. The van der Waals surface area contributed by atoms with Gasteiger partial charge in [-0.1, -0.05) is 11.6 Å². The maximum atomic E-state index is 13.6. The summed E-state index contributed by atoms with van der Waals surface area (Å²) in [7, 11) is 0. The molecule has 0 unspecified atom stereocenters. The van der Waals surface area contributed by atoms with Gasteiger partial charge in [0.05, 0.1) is 48.3 Å². The van der Waals surface area contributed by atoms with Crippen LogP contribution in [0.5, 0.6) is 0 Å². The predicted octanol–water partition coefficient (Wildman–Crippen LogP) is 2.61. The van der Waals surface area contributed by atoms with Crippen LogP contribution >= 0.6 is 11.6 Å². The number of hydrogen-bond acceptors (Lipinski definition) is 4. The molecule has 2 aliphatic rings. The molecule has 1 aromatic heterocycles. The van der Waals surface area contributed by atoms with Crippen molar-refractivity contribution in [1.82, 2.24) is 14.7 Å². The van der Waals surface area contributed by atoms with Gasteiger partial charge in [-0.15, -0.1) is 0 Å². The third kappa shape index (κ3) is 3.65. The summed E-state index contributed by atoms with van der Waals surface area (Å²) < 4.78 is 33.9. The van der Waals surface area contributed by atoms with Crippen molar-refractivity contribution in [2.24, 2.45) is 0 Å². The molecule has 3 heterocycles. The zero-order chi connectivity index (χ0) is 20.7. The second kappa shape index (κ2) is 7.60. The molecule has 1 N–H and O–H groups in total. The highest BCUT2D eigenvalue weighted by atomic mass is 35.5. The van der Waals surface area contributed by atoms with Gasteiger partial charge in [0, 0.05) is 18.3 Å². The number of hydrogen-bond donors (Lipinski definition) is 1. The van der Waals surface area contributed by atoms with Gasteiger partial charge in [0.1, 0.15) is 6.61 Å². The summed E-state index contributed by atoms with van der Waals surface area (Å²) in [6, 6.07) is 1.31. The van der Waals surface area contributed by atoms with E-state index in [1.165, 1.54) is 0 Å². The summed E-state index contributed by atoms with van der Waals surface area (Å²) in [5.41, 5.74) is 1.41. The van der Waals surface area contributed by atoms with Crippen LogP contribution in [0.2, 0.25) is 5.02 Å². The quantitative estimate of drug-likeness (QED) is 0.750. The Kier molecular flexibility index (Phi) is 5.13. The van der Waals surface area contributed by atoms with Crippen molar-refractivity contribution < 1.29 is 23.1 Å². The number of aromatic nitrogens is 2. The molecule has 2 aliphatic heterocycles. The first kappa shape index (κ1) is 19.6. The molecule has 0 bridgehead atoms. The number of carbonyl (C=O) groups is 2. The van der Waals surface area contributed by atoms with Gasteiger partial charge in [0.15, 0.2) is 11.6 Å². The molecule has 0 radical (unpaired) electrons. The van der Waals surface area contributed by atoms with Gasteiger partial charge < -0.3 is 19.9 Å². The Labute approximate surface area is 170 Å². The minimum atomic E-state index is -1.17. The standard InChI is InChI=1S/C18H18ClF2N5O3/c1-10-7-26-15(14(6-22-26)24-2-3-29-9-16(24)27)8-25(10)18(28)23-11-4-12(19)17(21)13(20)5-11/h4-6,10H,2-3,7-9H2,1H3,(H,23,28)/t10-/m0/s1. The van der Waals surface area contributed by atoms with Crippen LogP contribution in [-0.2, 0) is 22.6 Å². The first-order chi connectivity index (χ1) is 13.8. The SMILES string of the molecule is C[C@H]1Cn2ncc(N3CCOCC3=O)c2CN1C(=O)Nc1cc(F)c(F)c(Cl)c1. The minimum absolute atomic E-state index is 0.00210. The Balaban J connectivity index is 1.56. The van der Waals surface area contributed by atoms with Crippen molar-refractivity contribution >= 4 is 34.9 Å². The van der Waals surface area contributed by atoms with Crippen molar-refractivity contribution in [2.45, 2.75) is 26.1 Å². The number of nitrogens with one attached hydrogen (secondary N) is 1. The van der Waals surface area contributed by atoms with Crippen molar-refractivity contribution in [3.05, 3.63) is 40.7 Å². The van der Waals surface area contributed by atoms with Gasteiger partial charge in [-0.05, 0) is 13.0 Å². The number of carbonyl (C=O) groups excluding carboxylic acids is 2. The smallest absolute Gasteiger partial charge is 0.322 e. The maximum Gasteiger partial charge on any atom is 0.322 e. The highest BCUT2D eigenvalue weighted by Crippen LogP contribution is 2.29. The molecule has 0 aliphatic carbocycles. The van der Waals surface area contributed by atoms with Crippen LogP contribution in [0, 0.1) is 11.6 Å². The molecule has 1 aromatic carbocycles. The molecule has 0 saturated carbocycles. The summed E-state index contributed by atoms with van der Waals surface area (Å²) in [5, 5.41) is 6.47. The summed E-state index contributed by atoms with van der Waals surface area (Å²) in [5.74, 6) is -2.48. The number of fused-ring (bicyclic) bond motifs is 1.